The van der Waals surface area contributed by atoms with Crippen LogP contribution in [0.1, 0.15) is 42.5 Å². The molecule has 0 aliphatic heterocycles. The fourth-order valence-electron chi connectivity index (χ4n) is 1.65. The number of halogens is 1. The molecule has 3 heteroatoms. The van der Waals surface area contributed by atoms with Gasteiger partial charge in [-0.25, -0.2) is 4.39 Å². The van der Waals surface area contributed by atoms with Crippen LogP contribution in [0, 0.1) is 12.7 Å². The fraction of sp³-hybridized carbons (Fsp3) is 0.500. The van der Waals surface area contributed by atoms with Gasteiger partial charge in [-0.2, -0.15) is 0 Å². The van der Waals surface area contributed by atoms with Gasteiger partial charge in [0.2, 0.25) is 0 Å². The lowest BCUT2D eigenvalue weighted by molar-refractivity contribution is 0.267. The molecule has 0 saturated heterocycles. The average molecular weight is 211 g/mol. The predicted octanol–water partition coefficient (Wildman–Crippen LogP) is 2.25. The highest BCUT2D eigenvalue weighted by molar-refractivity contribution is 5.36. The molecule has 1 aromatic rings. The largest absolute Gasteiger partial charge is 0.394 e. The number of aryl methyl sites for hydroxylation is 1. The van der Waals surface area contributed by atoms with E-state index in [1.165, 1.54) is 6.07 Å². The molecule has 0 aromatic heterocycles. The van der Waals surface area contributed by atoms with Crippen LogP contribution in [0.15, 0.2) is 12.1 Å². The minimum Gasteiger partial charge on any atom is -0.394 e. The Labute approximate surface area is 89.9 Å². The van der Waals surface area contributed by atoms with Crippen LogP contribution in [-0.2, 0) is 0 Å². The van der Waals surface area contributed by atoms with E-state index in [2.05, 4.69) is 0 Å². The molecule has 1 unspecified atom stereocenters. The third kappa shape index (κ3) is 2.55. The predicted molar refractivity (Wildman–Crippen MR) is 59.2 cm³/mol. The summed E-state index contributed by atoms with van der Waals surface area (Å²) in [5, 5.41) is 8.99. The highest BCUT2D eigenvalue weighted by Crippen LogP contribution is 2.25. The molecule has 0 aliphatic carbocycles. The number of aliphatic hydroxyl groups excluding tert-OH is 1. The van der Waals surface area contributed by atoms with Crippen LogP contribution < -0.4 is 5.73 Å². The van der Waals surface area contributed by atoms with Gasteiger partial charge in [-0.15, -0.1) is 0 Å². The normalized spacial score (nSPS) is 13.3. The van der Waals surface area contributed by atoms with Gasteiger partial charge >= 0.3 is 0 Å². The lowest BCUT2D eigenvalue weighted by atomic mass is 9.94. The van der Waals surface area contributed by atoms with E-state index >= 15 is 0 Å². The van der Waals surface area contributed by atoms with E-state index in [9.17, 15) is 4.39 Å². The molecule has 0 spiro atoms. The van der Waals surface area contributed by atoms with Crippen molar-refractivity contribution >= 4 is 0 Å². The van der Waals surface area contributed by atoms with Gasteiger partial charge in [0, 0.05) is 0 Å². The Bertz CT molecular complexity index is 350. The van der Waals surface area contributed by atoms with Crippen LogP contribution >= 0.6 is 0 Å². The van der Waals surface area contributed by atoms with Gasteiger partial charge in [0.15, 0.2) is 0 Å². The van der Waals surface area contributed by atoms with Crippen LogP contribution in [-0.4, -0.2) is 11.7 Å². The van der Waals surface area contributed by atoms with Crippen LogP contribution in [0.25, 0.3) is 0 Å². The lowest BCUT2D eigenvalue weighted by Gasteiger charge is -2.16. The number of benzene rings is 1. The summed E-state index contributed by atoms with van der Waals surface area (Å²) in [5.74, 6) is -0.0772. The van der Waals surface area contributed by atoms with E-state index in [0.717, 1.165) is 11.1 Å². The molecular weight excluding hydrogens is 193 g/mol. The number of aliphatic hydroxyl groups is 1. The molecule has 84 valence electrons. The van der Waals surface area contributed by atoms with Gasteiger partial charge in [-0.3, -0.25) is 0 Å². The first-order valence-corrected chi connectivity index (χ1v) is 5.13. The van der Waals surface area contributed by atoms with Crippen molar-refractivity contribution in [1.82, 2.24) is 0 Å². The van der Waals surface area contributed by atoms with E-state index in [1.54, 1.807) is 13.0 Å². The average Bonchev–Trinajstić information content (AvgIpc) is 2.16. The molecule has 0 heterocycles. The van der Waals surface area contributed by atoms with Crippen molar-refractivity contribution < 1.29 is 9.50 Å². The van der Waals surface area contributed by atoms with Gasteiger partial charge in [0.1, 0.15) is 5.82 Å². The molecule has 1 aromatic carbocycles. The van der Waals surface area contributed by atoms with Gasteiger partial charge in [0.05, 0.1) is 12.6 Å². The zero-order valence-electron chi connectivity index (χ0n) is 9.42. The summed E-state index contributed by atoms with van der Waals surface area (Å²) in [7, 11) is 0. The molecule has 0 fully saturated rings. The molecule has 15 heavy (non-hydrogen) atoms. The van der Waals surface area contributed by atoms with E-state index in [0.29, 0.717) is 5.56 Å². The first-order chi connectivity index (χ1) is 6.97. The molecule has 0 aliphatic rings. The van der Waals surface area contributed by atoms with Crippen LogP contribution in [0.2, 0.25) is 0 Å². The topological polar surface area (TPSA) is 46.2 Å². The van der Waals surface area contributed by atoms with Crippen molar-refractivity contribution in [2.45, 2.75) is 32.7 Å². The molecule has 0 amide bonds. The van der Waals surface area contributed by atoms with E-state index < -0.39 is 6.04 Å². The summed E-state index contributed by atoms with van der Waals surface area (Å²) in [6.07, 6.45) is 0. The van der Waals surface area contributed by atoms with Crippen LogP contribution in [0.5, 0.6) is 0 Å². The summed E-state index contributed by atoms with van der Waals surface area (Å²) in [6, 6.07) is 2.82. The minimum absolute atomic E-state index is 0.121. The second-order valence-corrected chi connectivity index (χ2v) is 4.17. The maximum Gasteiger partial charge on any atom is 0.126 e. The van der Waals surface area contributed by atoms with E-state index in [-0.39, 0.29) is 18.3 Å². The van der Waals surface area contributed by atoms with Crippen LogP contribution in [0.3, 0.4) is 0 Å². The maximum absolute atomic E-state index is 13.5. The summed E-state index contributed by atoms with van der Waals surface area (Å²) in [6.45, 7) is 5.55. The van der Waals surface area contributed by atoms with Crippen molar-refractivity contribution in [1.29, 1.82) is 0 Å². The molecule has 0 radical (unpaired) electrons. The van der Waals surface area contributed by atoms with Crippen molar-refractivity contribution in [3.63, 3.8) is 0 Å². The lowest BCUT2D eigenvalue weighted by Crippen LogP contribution is -2.16. The molecule has 1 atom stereocenters. The Morgan fingerprint density at radius 3 is 2.40 bits per heavy atom. The molecular formula is C12H18FNO. The number of rotatable bonds is 3. The first-order valence-electron chi connectivity index (χ1n) is 5.13. The maximum atomic E-state index is 13.5. The van der Waals surface area contributed by atoms with Crippen LogP contribution in [0.4, 0.5) is 4.39 Å². The fourth-order valence-corrected chi connectivity index (χ4v) is 1.65. The molecule has 2 nitrogen and oxygen atoms in total. The molecule has 1 rings (SSSR count). The Morgan fingerprint density at radius 2 is 1.93 bits per heavy atom. The summed E-state index contributed by atoms with van der Waals surface area (Å²) in [4.78, 5) is 0. The summed E-state index contributed by atoms with van der Waals surface area (Å²) >= 11 is 0. The molecule has 3 N–H and O–H groups in total. The zero-order chi connectivity index (χ0) is 11.6. The van der Waals surface area contributed by atoms with Crippen molar-refractivity contribution in [3.8, 4) is 0 Å². The molecule has 0 saturated carbocycles. The number of hydrogen-bond donors (Lipinski definition) is 2. The summed E-state index contributed by atoms with van der Waals surface area (Å²) < 4.78 is 13.5. The second kappa shape index (κ2) is 4.73. The van der Waals surface area contributed by atoms with Crippen molar-refractivity contribution in [3.05, 3.63) is 34.6 Å². The van der Waals surface area contributed by atoms with Gasteiger partial charge in [-0.05, 0) is 35.6 Å². The smallest absolute Gasteiger partial charge is 0.126 e. The highest BCUT2D eigenvalue weighted by atomic mass is 19.1. The zero-order valence-corrected chi connectivity index (χ0v) is 9.42. The number of nitrogens with two attached hydrogens (primary N) is 1. The Morgan fingerprint density at radius 1 is 1.33 bits per heavy atom. The summed E-state index contributed by atoms with van der Waals surface area (Å²) in [5.41, 5.74) is 8.01. The van der Waals surface area contributed by atoms with Gasteiger partial charge in [-0.1, -0.05) is 19.9 Å². The Kier molecular flexibility index (Phi) is 3.83. The van der Waals surface area contributed by atoms with Gasteiger partial charge in [0.25, 0.3) is 0 Å². The third-order valence-corrected chi connectivity index (χ3v) is 2.60. The van der Waals surface area contributed by atoms with E-state index in [1.807, 2.05) is 13.8 Å². The quantitative estimate of drug-likeness (QED) is 0.805. The van der Waals surface area contributed by atoms with E-state index in [4.69, 9.17) is 10.8 Å². The monoisotopic (exact) mass is 211 g/mol. The first kappa shape index (κ1) is 12.1. The third-order valence-electron chi connectivity index (χ3n) is 2.60. The van der Waals surface area contributed by atoms with Crippen molar-refractivity contribution in [2.24, 2.45) is 5.73 Å². The Hall–Kier alpha value is -0.930. The molecule has 0 bridgehead atoms. The van der Waals surface area contributed by atoms with Gasteiger partial charge < -0.3 is 10.8 Å². The minimum atomic E-state index is -0.428. The Balaban J connectivity index is 3.23. The SMILES string of the molecule is Cc1cc(F)c(C(C)C)cc1C(N)CO. The highest BCUT2D eigenvalue weighted by Gasteiger charge is 2.14. The standard InChI is InChI=1S/C12H18FNO/c1-7(2)9-5-10(12(14)6-15)8(3)4-11(9)13/h4-5,7,12,15H,6,14H2,1-3H3. The number of hydrogen-bond acceptors (Lipinski definition) is 2. The second-order valence-electron chi connectivity index (χ2n) is 4.17. The van der Waals surface area contributed by atoms with Crippen molar-refractivity contribution in [2.75, 3.05) is 6.61 Å².